The summed E-state index contributed by atoms with van der Waals surface area (Å²) in [5, 5.41) is 11.4. The molecule has 132 valence electrons. The molecule has 0 radical (unpaired) electrons. The van der Waals surface area contributed by atoms with E-state index in [1.807, 2.05) is 6.20 Å². The minimum absolute atomic E-state index is 0.125. The summed E-state index contributed by atoms with van der Waals surface area (Å²) >= 11 is 0. The van der Waals surface area contributed by atoms with Gasteiger partial charge in [-0.15, -0.1) is 0 Å². The van der Waals surface area contributed by atoms with Crippen LogP contribution in [0.15, 0.2) is 24.4 Å². The maximum Gasteiger partial charge on any atom is 0.292 e. The number of fused-ring (bicyclic) bond motifs is 1. The SMILES string of the molecule is Nc1ccc([N+](=O)[O-])c(N2CCC[C@@H](c3ncc4n3CCCC4)C2)c1. The van der Waals surface area contributed by atoms with E-state index in [4.69, 9.17) is 10.7 Å². The number of nitro benzene ring substituents is 1. The van der Waals surface area contributed by atoms with E-state index in [-0.39, 0.29) is 10.6 Å². The van der Waals surface area contributed by atoms with E-state index in [2.05, 4.69) is 9.47 Å². The fourth-order valence-electron chi connectivity index (χ4n) is 4.14. The molecule has 1 aromatic heterocycles. The smallest absolute Gasteiger partial charge is 0.292 e. The number of piperidine rings is 1. The second-order valence-corrected chi connectivity index (χ2v) is 7.01. The standard InChI is InChI=1S/C18H23N5O2/c19-14-6-7-16(23(24)25)17(10-14)21-8-3-4-13(12-21)18-20-11-15-5-1-2-9-22(15)18/h6-7,10-11,13H,1-5,8-9,12,19H2/t13-/m1/s1. The van der Waals surface area contributed by atoms with Crippen LogP contribution in [0.25, 0.3) is 0 Å². The first-order valence-corrected chi connectivity index (χ1v) is 8.96. The molecule has 0 bridgehead atoms. The lowest BCUT2D eigenvalue weighted by Gasteiger charge is -2.34. The van der Waals surface area contributed by atoms with Gasteiger partial charge in [-0.2, -0.15) is 0 Å². The number of nitrogen functional groups attached to an aromatic ring is 1. The molecule has 0 saturated carbocycles. The summed E-state index contributed by atoms with van der Waals surface area (Å²) in [7, 11) is 0. The van der Waals surface area contributed by atoms with Gasteiger partial charge in [0.1, 0.15) is 11.5 Å². The van der Waals surface area contributed by atoms with Crippen molar-refractivity contribution in [3.63, 3.8) is 0 Å². The zero-order valence-corrected chi connectivity index (χ0v) is 14.2. The summed E-state index contributed by atoms with van der Waals surface area (Å²) in [4.78, 5) is 17.9. The van der Waals surface area contributed by atoms with Crippen LogP contribution in [-0.4, -0.2) is 27.6 Å². The molecule has 0 aliphatic carbocycles. The van der Waals surface area contributed by atoms with E-state index < -0.39 is 0 Å². The van der Waals surface area contributed by atoms with E-state index in [0.29, 0.717) is 17.3 Å². The second kappa shape index (κ2) is 6.38. The number of hydrogen-bond acceptors (Lipinski definition) is 5. The van der Waals surface area contributed by atoms with Gasteiger partial charge in [0.15, 0.2) is 0 Å². The third kappa shape index (κ3) is 2.94. The number of anilines is 2. The first-order valence-electron chi connectivity index (χ1n) is 8.96. The van der Waals surface area contributed by atoms with Gasteiger partial charge in [0.2, 0.25) is 0 Å². The molecule has 7 heteroatoms. The van der Waals surface area contributed by atoms with Gasteiger partial charge in [-0.1, -0.05) is 0 Å². The Labute approximate surface area is 146 Å². The highest BCUT2D eigenvalue weighted by Gasteiger charge is 2.29. The summed E-state index contributed by atoms with van der Waals surface area (Å²) in [5.41, 5.74) is 8.52. The molecule has 1 aromatic carbocycles. The van der Waals surface area contributed by atoms with Crippen molar-refractivity contribution >= 4 is 17.1 Å². The Balaban J connectivity index is 1.63. The van der Waals surface area contributed by atoms with Gasteiger partial charge in [0.25, 0.3) is 5.69 Å². The molecular weight excluding hydrogens is 318 g/mol. The molecule has 7 nitrogen and oxygen atoms in total. The topological polar surface area (TPSA) is 90.2 Å². The molecule has 2 aliphatic rings. The summed E-state index contributed by atoms with van der Waals surface area (Å²) < 4.78 is 2.37. The predicted octanol–water partition coefficient (Wildman–Crippen LogP) is 3.09. The van der Waals surface area contributed by atoms with E-state index in [1.165, 1.54) is 24.6 Å². The first kappa shape index (κ1) is 15.9. The van der Waals surface area contributed by atoms with Gasteiger partial charge in [0, 0.05) is 49.2 Å². The lowest BCUT2D eigenvalue weighted by molar-refractivity contribution is -0.384. The van der Waals surface area contributed by atoms with Crippen molar-refractivity contribution < 1.29 is 4.92 Å². The molecule has 3 heterocycles. The van der Waals surface area contributed by atoms with E-state index >= 15 is 0 Å². The van der Waals surface area contributed by atoms with Crippen molar-refractivity contribution in [1.29, 1.82) is 0 Å². The van der Waals surface area contributed by atoms with Gasteiger partial charge in [-0.3, -0.25) is 10.1 Å². The normalized spacial score (nSPS) is 20.3. The highest BCUT2D eigenvalue weighted by Crippen LogP contribution is 2.36. The third-order valence-corrected chi connectivity index (χ3v) is 5.36. The van der Waals surface area contributed by atoms with Crippen LogP contribution in [0.1, 0.15) is 43.1 Å². The van der Waals surface area contributed by atoms with Gasteiger partial charge >= 0.3 is 0 Å². The second-order valence-electron chi connectivity index (χ2n) is 7.01. The first-order chi connectivity index (χ1) is 12.1. The average Bonchev–Trinajstić information content (AvgIpc) is 3.05. The zero-order valence-electron chi connectivity index (χ0n) is 14.2. The number of aryl methyl sites for hydroxylation is 1. The van der Waals surface area contributed by atoms with Gasteiger partial charge < -0.3 is 15.2 Å². The zero-order chi connectivity index (χ0) is 17.4. The average molecular weight is 341 g/mol. The Hall–Kier alpha value is -2.57. The maximum atomic E-state index is 11.4. The van der Waals surface area contributed by atoms with E-state index in [0.717, 1.165) is 44.7 Å². The van der Waals surface area contributed by atoms with Crippen molar-refractivity contribution in [2.75, 3.05) is 23.7 Å². The minimum atomic E-state index is -0.324. The van der Waals surface area contributed by atoms with Crippen LogP contribution in [-0.2, 0) is 13.0 Å². The summed E-state index contributed by atoms with van der Waals surface area (Å²) in [6.45, 7) is 2.61. The van der Waals surface area contributed by atoms with E-state index in [9.17, 15) is 10.1 Å². The molecule has 25 heavy (non-hydrogen) atoms. The van der Waals surface area contributed by atoms with Crippen molar-refractivity contribution in [1.82, 2.24) is 9.55 Å². The Morgan fingerprint density at radius 1 is 1.24 bits per heavy atom. The van der Waals surface area contributed by atoms with Crippen LogP contribution in [0.3, 0.4) is 0 Å². The number of nitrogens with zero attached hydrogens (tertiary/aromatic N) is 4. The number of imidazole rings is 1. The summed E-state index contributed by atoms with van der Waals surface area (Å²) in [5.74, 6) is 1.45. The van der Waals surface area contributed by atoms with Crippen LogP contribution in [0, 0.1) is 10.1 Å². The fourth-order valence-corrected chi connectivity index (χ4v) is 4.14. The molecule has 1 saturated heterocycles. The highest BCUT2D eigenvalue weighted by atomic mass is 16.6. The molecule has 2 N–H and O–H groups in total. The molecule has 1 fully saturated rings. The van der Waals surface area contributed by atoms with Gasteiger partial charge in [-0.25, -0.2) is 4.98 Å². The Morgan fingerprint density at radius 3 is 2.96 bits per heavy atom. The molecule has 0 amide bonds. The molecule has 1 atom stereocenters. The number of hydrogen-bond donors (Lipinski definition) is 1. The number of nitrogens with two attached hydrogens (primary N) is 1. The highest BCUT2D eigenvalue weighted by molar-refractivity contribution is 5.69. The molecule has 2 aliphatic heterocycles. The Kier molecular flexibility index (Phi) is 4.07. The molecule has 0 unspecified atom stereocenters. The number of aromatic nitrogens is 2. The van der Waals surface area contributed by atoms with Crippen molar-refractivity contribution in [2.45, 2.75) is 44.6 Å². The molecule has 2 aromatic rings. The van der Waals surface area contributed by atoms with Crippen LogP contribution in [0.5, 0.6) is 0 Å². The van der Waals surface area contributed by atoms with Crippen LogP contribution >= 0.6 is 0 Å². The molecule has 0 spiro atoms. The van der Waals surface area contributed by atoms with Crippen LogP contribution in [0.4, 0.5) is 17.1 Å². The number of rotatable bonds is 3. The van der Waals surface area contributed by atoms with Crippen LogP contribution in [0.2, 0.25) is 0 Å². The van der Waals surface area contributed by atoms with Crippen LogP contribution < -0.4 is 10.6 Å². The van der Waals surface area contributed by atoms with E-state index in [1.54, 1.807) is 12.1 Å². The summed E-state index contributed by atoms with van der Waals surface area (Å²) in [6.07, 6.45) is 7.62. The predicted molar refractivity (Wildman–Crippen MR) is 96.9 cm³/mol. The lowest BCUT2D eigenvalue weighted by Crippen LogP contribution is -2.36. The quantitative estimate of drug-likeness (QED) is 0.526. The van der Waals surface area contributed by atoms with Crippen molar-refractivity contribution in [3.8, 4) is 0 Å². The number of nitro groups is 1. The Morgan fingerprint density at radius 2 is 2.12 bits per heavy atom. The van der Waals surface area contributed by atoms with Gasteiger partial charge in [-0.05, 0) is 44.2 Å². The Bertz CT molecular complexity index is 801. The van der Waals surface area contributed by atoms with Crippen molar-refractivity contribution in [2.24, 2.45) is 0 Å². The van der Waals surface area contributed by atoms with Gasteiger partial charge in [0.05, 0.1) is 4.92 Å². The fraction of sp³-hybridized carbons (Fsp3) is 0.500. The lowest BCUT2D eigenvalue weighted by atomic mass is 9.96. The monoisotopic (exact) mass is 341 g/mol. The minimum Gasteiger partial charge on any atom is -0.399 e. The molecular formula is C18H23N5O2. The van der Waals surface area contributed by atoms with Crippen molar-refractivity contribution in [3.05, 3.63) is 46.0 Å². The third-order valence-electron chi connectivity index (χ3n) is 5.36. The summed E-state index contributed by atoms with van der Waals surface area (Å²) in [6, 6.07) is 4.82. The largest absolute Gasteiger partial charge is 0.399 e. The number of benzene rings is 1. The maximum absolute atomic E-state index is 11.4. The molecule has 4 rings (SSSR count).